The van der Waals surface area contributed by atoms with Crippen molar-refractivity contribution in [1.29, 1.82) is 0 Å². The standard InChI is InChI=1S/C36H54O7/c1-22(31(39)16-17-34(4,5)43-33-10-8-9-19-40-33)28-13-14-29-27-12-11-25-20-26(41-23(2)37)21-32(42-24(3)38)36(25,7)30(27)15-18-35(28,29)6/h11,22,26-33,39H,8-10,12-15,18-21H2,1-7H3/t22-,26+,27-,28+,29-,30-,31-,32-,33?,35+,36-/m0/s1. The zero-order valence-electron chi connectivity index (χ0n) is 27.4. The molecule has 1 aliphatic heterocycles. The lowest BCUT2D eigenvalue weighted by Crippen LogP contribution is -2.57. The van der Waals surface area contributed by atoms with Crippen molar-refractivity contribution < 1.29 is 33.6 Å². The van der Waals surface area contributed by atoms with Crippen LogP contribution in [0.4, 0.5) is 0 Å². The van der Waals surface area contributed by atoms with Crippen LogP contribution >= 0.6 is 0 Å². The Balaban J connectivity index is 1.31. The zero-order chi connectivity index (χ0) is 31.2. The average molecular weight is 599 g/mol. The van der Waals surface area contributed by atoms with E-state index in [0.717, 1.165) is 64.4 Å². The van der Waals surface area contributed by atoms with Crippen molar-refractivity contribution in [2.24, 2.45) is 40.4 Å². The van der Waals surface area contributed by atoms with Crippen molar-refractivity contribution in [3.63, 3.8) is 0 Å². The van der Waals surface area contributed by atoms with Crippen molar-refractivity contribution in [2.75, 3.05) is 6.61 Å². The monoisotopic (exact) mass is 598 g/mol. The van der Waals surface area contributed by atoms with Crippen LogP contribution in [0.15, 0.2) is 11.6 Å². The fourth-order valence-corrected chi connectivity index (χ4v) is 10.0. The molecule has 0 bridgehead atoms. The minimum atomic E-state index is -0.714. The van der Waals surface area contributed by atoms with Gasteiger partial charge in [-0.25, -0.2) is 0 Å². The molecule has 0 spiro atoms. The van der Waals surface area contributed by atoms with Gasteiger partial charge in [0.15, 0.2) is 6.29 Å². The Morgan fingerprint density at radius 3 is 2.49 bits per heavy atom. The second kappa shape index (κ2) is 12.5. The van der Waals surface area contributed by atoms with Crippen LogP contribution in [0.3, 0.4) is 0 Å². The van der Waals surface area contributed by atoms with Crippen LogP contribution in [0.5, 0.6) is 0 Å². The van der Waals surface area contributed by atoms with Gasteiger partial charge in [0.2, 0.25) is 0 Å². The Hall–Kier alpha value is -1.88. The van der Waals surface area contributed by atoms with Crippen molar-refractivity contribution in [3.8, 4) is 11.8 Å². The molecule has 1 N–H and O–H groups in total. The molecule has 11 atom stereocenters. The average Bonchev–Trinajstić information content (AvgIpc) is 3.29. The van der Waals surface area contributed by atoms with Gasteiger partial charge in [0.25, 0.3) is 0 Å². The highest BCUT2D eigenvalue weighted by molar-refractivity contribution is 5.67. The molecule has 0 amide bonds. The predicted molar refractivity (Wildman–Crippen MR) is 163 cm³/mol. The lowest BCUT2D eigenvalue weighted by atomic mass is 9.46. The van der Waals surface area contributed by atoms with Crippen LogP contribution in [0, 0.1) is 52.3 Å². The maximum absolute atomic E-state index is 12.2. The summed E-state index contributed by atoms with van der Waals surface area (Å²) < 4.78 is 23.5. The van der Waals surface area contributed by atoms with Crippen LogP contribution in [-0.4, -0.2) is 53.9 Å². The van der Waals surface area contributed by atoms with Gasteiger partial charge < -0.3 is 24.1 Å². The molecule has 0 aromatic carbocycles. The second-order valence-electron chi connectivity index (χ2n) is 15.1. The Labute approximate surface area is 258 Å². The second-order valence-corrected chi connectivity index (χ2v) is 15.1. The SMILES string of the molecule is CC(=O)O[C@@H]1CC2=CC[C@H]3[C@@H]4CC[C@H]([C@H](C)[C@@H](O)C#CC(C)(C)OC5CCCCO5)[C@@]4(C)CC[C@@H]3[C@@]2(C)[C@@H](OC(C)=O)C1. The first-order valence-electron chi connectivity index (χ1n) is 16.8. The van der Waals surface area contributed by atoms with E-state index in [1.54, 1.807) is 0 Å². The third-order valence-electron chi connectivity index (χ3n) is 12.1. The van der Waals surface area contributed by atoms with Crippen LogP contribution < -0.4 is 0 Å². The number of esters is 2. The maximum atomic E-state index is 12.2. The van der Waals surface area contributed by atoms with Gasteiger partial charge in [-0.05, 0) is 100 Å². The van der Waals surface area contributed by atoms with Crippen LogP contribution in [0.1, 0.15) is 113 Å². The molecular weight excluding hydrogens is 544 g/mol. The molecule has 4 aliphatic carbocycles. The molecule has 0 radical (unpaired) electrons. The molecule has 1 heterocycles. The van der Waals surface area contributed by atoms with Crippen molar-refractivity contribution in [3.05, 3.63) is 11.6 Å². The highest BCUT2D eigenvalue weighted by Crippen LogP contribution is 2.67. The lowest BCUT2D eigenvalue weighted by Gasteiger charge is -2.60. The van der Waals surface area contributed by atoms with E-state index in [-0.39, 0.29) is 47.2 Å². The number of aliphatic hydroxyl groups excluding tert-OH is 1. The summed E-state index contributed by atoms with van der Waals surface area (Å²) in [5, 5.41) is 11.3. The number of fused-ring (bicyclic) bond motifs is 5. The number of aliphatic hydroxyl groups is 1. The number of hydrogen-bond donors (Lipinski definition) is 1. The molecule has 3 saturated carbocycles. The van der Waals surface area contributed by atoms with Gasteiger partial charge in [0.05, 0.1) is 0 Å². The van der Waals surface area contributed by atoms with E-state index in [1.807, 2.05) is 13.8 Å². The lowest BCUT2D eigenvalue weighted by molar-refractivity contribution is -0.199. The number of carbonyl (C=O) groups is 2. The van der Waals surface area contributed by atoms with Crippen molar-refractivity contribution in [1.82, 2.24) is 0 Å². The fourth-order valence-electron chi connectivity index (χ4n) is 10.0. The predicted octanol–water partition coefficient (Wildman–Crippen LogP) is 6.36. The summed E-state index contributed by atoms with van der Waals surface area (Å²) in [6, 6.07) is 0. The first kappa shape index (κ1) is 32.5. The molecule has 1 unspecified atom stereocenters. The molecule has 0 aromatic rings. The summed E-state index contributed by atoms with van der Waals surface area (Å²) in [4.78, 5) is 24.0. The molecule has 7 heteroatoms. The Morgan fingerprint density at radius 1 is 1.07 bits per heavy atom. The quantitative estimate of drug-likeness (QED) is 0.216. The number of carbonyl (C=O) groups excluding carboxylic acids is 2. The molecule has 43 heavy (non-hydrogen) atoms. The zero-order valence-corrected chi connectivity index (χ0v) is 27.4. The van der Waals surface area contributed by atoms with Gasteiger partial charge in [0.1, 0.15) is 23.9 Å². The third-order valence-corrected chi connectivity index (χ3v) is 12.1. The summed E-state index contributed by atoms with van der Waals surface area (Å²) >= 11 is 0. The van der Waals surface area contributed by atoms with Gasteiger partial charge in [-0.1, -0.05) is 44.3 Å². The fraction of sp³-hybridized carbons (Fsp3) is 0.833. The van der Waals surface area contributed by atoms with E-state index in [4.69, 9.17) is 18.9 Å². The molecule has 5 rings (SSSR count). The molecule has 5 aliphatic rings. The molecule has 7 nitrogen and oxygen atoms in total. The van der Waals surface area contributed by atoms with Crippen LogP contribution in [0.2, 0.25) is 0 Å². The largest absolute Gasteiger partial charge is 0.462 e. The number of allylic oxidation sites excluding steroid dienone is 1. The van der Waals surface area contributed by atoms with Gasteiger partial charge in [-0.2, -0.15) is 0 Å². The van der Waals surface area contributed by atoms with E-state index in [9.17, 15) is 14.7 Å². The third kappa shape index (κ3) is 6.44. The minimum absolute atomic E-state index is 0.0547. The number of hydrogen-bond acceptors (Lipinski definition) is 7. The molecule has 240 valence electrons. The number of ether oxygens (including phenoxy) is 4. The normalized spacial score (nSPS) is 40.4. The summed E-state index contributed by atoms with van der Waals surface area (Å²) in [6.07, 6.45) is 10.6. The van der Waals surface area contributed by atoms with E-state index in [0.29, 0.717) is 30.1 Å². The summed E-state index contributed by atoms with van der Waals surface area (Å²) in [7, 11) is 0. The Morgan fingerprint density at radius 2 is 1.81 bits per heavy atom. The summed E-state index contributed by atoms with van der Waals surface area (Å²) in [5.74, 6) is 7.73. The Kier molecular flexibility index (Phi) is 9.44. The van der Waals surface area contributed by atoms with Crippen molar-refractivity contribution in [2.45, 2.75) is 143 Å². The van der Waals surface area contributed by atoms with Crippen LogP contribution in [-0.2, 0) is 28.5 Å². The van der Waals surface area contributed by atoms with Gasteiger partial charge in [0, 0.05) is 38.7 Å². The molecule has 0 aromatic heterocycles. The molecule has 4 fully saturated rings. The van der Waals surface area contributed by atoms with E-state index >= 15 is 0 Å². The van der Waals surface area contributed by atoms with E-state index < -0.39 is 11.7 Å². The molecular formula is C36H54O7. The Bertz CT molecular complexity index is 1140. The highest BCUT2D eigenvalue weighted by Gasteiger charge is 2.62. The highest BCUT2D eigenvalue weighted by atomic mass is 16.7. The smallest absolute Gasteiger partial charge is 0.302 e. The van der Waals surface area contributed by atoms with E-state index in [2.05, 4.69) is 38.7 Å². The van der Waals surface area contributed by atoms with Gasteiger partial charge in [-0.15, -0.1) is 0 Å². The summed E-state index contributed by atoms with van der Waals surface area (Å²) in [5.41, 5.74) is 0.476. The topological polar surface area (TPSA) is 91.3 Å². The van der Waals surface area contributed by atoms with Crippen molar-refractivity contribution >= 4 is 11.9 Å². The maximum Gasteiger partial charge on any atom is 0.302 e. The molecule has 1 saturated heterocycles. The van der Waals surface area contributed by atoms with E-state index in [1.165, 1.54) is 19.4 Å². The van der Waals surface area contributed by atoms with Crippen LogP contribution in [0.25, 0.3) is 0 Å². The van der Waals surface area contributed by atoms with Gasteiger partial charge >= 0.3 is 11.9 Å². The minimum Gasteiger partial charge on any atom is -0.462 e. The summed E-state index contributed by atoms with van der Waals surface area (Å²) in [6.45, 7) is 14.5. The first-order valence-corrected chi connectivity index (χ1v) is 16.8. The number of rotatable bonds is 6. The van der Waals surface area contributed by atoms with Gasteiger partial charge in [-0.3, -0.25) is 9.59 Å². The first-order chi connectivity index (χ1) is 20.2.